The standard InChI is InChI=1S/C29H39F4N5O4/c1-28(2,3)42-16-15-38(13-5-4-8-20-10-9-19-7-6-12-35-25(19)36-20)14-11-23(27(40)41)37-26(39)24-21(29(31,32)33)17-34-18-22(24)30/h9-10,17-18,23H,4-8,11-16H2,1-3H3,(H,35,36)(H,37,39)(H,40,41). The molecule has 0 saturated heterocycles. The van der Waals surface area contributed by atoms with Gasteiger partial charge in [-0.05, 0) is 77.5 Å². The highest BCUT2D eigenvalue weighted by molar-refractivity contribution is 5.98. The number of aliphatic carboxylic acids is 1. The Kier molecular flexibility index (Phi) is 11.6. The van der Waals surface area contributed by atoms with Crippen LogP contribution in [-0.4, -0.2) is 76.3 Å². The van der Waals surface area contributed by atoms with Crippen LogP contribution in [0.1, 0.15) is 73.6 Å². The van der Waals surface area contributed by atoms with Crippen LogP contribution in [-0.2, 0) is 28.5 Å². The molecule has 2 aromatic heterocycles. The maximum Gasteiger partial charge on any atom is 0.418 e. The fourth-order valence-electron chi connectivity index (χ4n) is 4.65. The number of anilines is 1. The number of aryl methyl sites for hydroxylation is 2. The second-order valence-corrected chi connectivity index (χ2v) is 11.3. The van der Waals surface area contributed by atoms with Crippen LogP contribution in [0.15, 0.2) is 24.5 Å². The van der Waals surface area contributed by atoms with Gasteiger partial charge in [-0.25, -0.2) is 14.2 Å². The molecular formula is C29H39F4N5O4. The lowest BCUT2D eigenvalue weighted by Gasteiger charge is -2.27. The van der Waals surface area contributed by atoms with Gasteiger partial charge in [0.05, 0.1) is 29.5 Å². The van der Waals surface area contributed by atoms with Crippen molar-refractivity contribution in [2.24, 2.45) is 0 Å². The van der Waals surface area contributed by atoms with Crippen molar-refractivity contribution in [1.82, 2.24) is 20.2 Å². The maximum atomic E-state index is 14.2. The lowest BCUT2D eigenvalue weighted by Crippen LogP contribution is -2.44. The van der Waals surface area contributed by atoms with E-state index in [1.165, 1.54) is 5.56 Å². The monoisotopic (exact) mass is 597 g/mol. The third-order valence-corrected chi connectivity index (χ3v) is 6.82. The highest BCUT2D eigenvalue weighted by atomic mass is 19.4. The van der Waals surface area contributed by atoms with Gasteiger partial charge in [0.15, 0.2) is 5.82 Å². The molecule has 1 atom stereocenters. The maximum absolute atomic E-state index is 14.2. The van der Waals surface area contributed by atoms with Gasteiger partial charge in [0, 0.05) is 31.5 Å². The predicted octanol–water partition coefficient (Wildman–Crippen LogP) is 4.71. The number of amides is 1. The summed E-state index contributed by atoms with van der Waals surface area (Å²) in [6.07, 6.45) is 0.150. The number of hydrogen-bond acceptors (Lipinski definition) is 7. The van der Waals surface area contributed by atoms with Gasteiger partial charge in [-0.2, -0.15) is 13.2 Å². The summed E-state index contributed by atoms with van der Waals surface area (Å²) in [5.41, 5.74) is -1.03. The number of fused-ring (bicyclic) bond motifs is 1. The molecule has 0 spiro atoms. The number of nitrogens with one attached hydrogen (secondary N) is 2. The molecule has 2 aromatic rings. The molecule has 3 N–H and O–H groups in total. The molecule has 1 unspecified atom stereocenters. The number of carbonyl (C=O) groups excluding carboxylic acids is 1. The van der Waals surface area contributed by atoms with E-state index in [1.54, 1.807) is 0 Å². The fourth-order valence-corrected chi connectivity index (χ4v) is 4.65. The van der Waals surface area contributed by atoms with Crippen molar-refractivity contribution in [3.05, 3.63) is 52.7 Å². The Morgan fingerprint density at radius 2 is 1.90 bits per heavy atom. The lowest BCUT2D eigenvalue weighted by molar-refractivity contribution is -0.139. The average Bonchev–Trinajstić information content (AvgIpc) is 2.91. The van der Waals surface area contributed by atoms with Gasteiger partial charge in [0.1, 0.15) is 11.9 Å². The number of rotatable bonds is 14. The van der Waals surface area contributed by atoms with Crippen LogP contribution >= 0.6 is 0 Å². The molecule has 0 aliphatic carbocycles. The number of unbranched alkanes of at least 4 members (excludes halogenated alkanes) is 1. The average molecular weight is 598 g/mol. The summed E-state index contributed by atoms with van der Waals surface area (Å²) in [5.74, 6) is -3.46. The van der Waals surface area contributed by atoms with Gasteiger partial charge in [-0.1, -0.05) is 6.07 Å². The van der Waals surface area contributed by atoms with E-state index < -0.39 is 41.0 Å². The number of hydrogen-bond donors (Lipinski definition) is 3. The number of halogens is 4. The molecule has 9 nitrogen and oxygen atoms in total. The summed E-state index contributed by atoms with van der Waals surface area (Å²) < 4.78 is 60.1. The Balaban J connectivity index is 1.60. The SMILES string of the molecule is CC(C)(C)OCCN(CCCCc1ccc2c(n1)NCCC2)CCC(NC(=O)c1c(F)cncc1C(F)(F)F)C(=O)O. The van der Waals surface area contributed by atoms with E-state index >= 15 is 0 Å². The molecule has 0 bridgehead atoms. The first-order valence-electron chi connectivity index (χ1n) is 14.1. The minimum absolute atomic E-state index is 0.108. The highest BCUT2D eigenvalue weighted by Crippen LogP contribution is 2.32. The first-order valence-corrected chi connectivity index (χ1v) is 14.1. The predicted molar refractivity (Wildman–Crippen MR) is 149 cm³/mol. The van der Waals surface area contributed by atoms with E-state index in [4.69, 9.17) is 9.72 Å². The second-order valence-electron chi connectivity index (χ2n) is 11.3. The number of aromatic nitrogens is 2. The third-order valence-electron chi connectivity index (χ3n) is 6.82. The molecule has 232 valence electrons. The first kappa shape index (κ1) is 33.2. The summed E-state index contributed by atoms with van der Waals surface area (Å²) in [6, 6.07) is 2.61. The van der Waals surface area contributed by atoms with Crippen molar-refractivity contribution in [2.75, 3.05) is 38.1 Å². The molecule has 0 radical (unpaired) electrons. The summed E-state index contributed by atoms with van der Waals surface area (Å²) in [6.45, 7) is 8.35. The van der Waals surface area contributed by atoms with Crippen LogP contribution < -0.4 is 10.6 Å². The zero-order valence-electron chi connectivity index (χ0n) is 24.2. The number of pyridine rings is 2. The van der Waals surface area contributed by atoms with Gasteiger partial charge >= 0.3 is 12.1 Å². The summed E-state index contributed by atoms with van der Waals surface area (Å²) in [7, 11) is 0. The Labute approximate surface area is 243 Å². The number of ether oxygens (including phenoxy) is 1. The van der Waals surface area contributed by atoms with Crippen molar-refractivity contribution in [3.63, 3.8) is 0 Å². The van der Waals surface area contributed by atoms with Gasteiger partial charge in [-0.3, -0.25) is 9.78 Å². The first-order chi connectivity index (χ1) is 19.7. The van der Waals surface area contributed by atoms with Gasteiger partial charge in [-0.15, -0.1) is 0 Å². The second kappa shape index (κ2) is 14.7. The van der Waals surface area contributed by atoms with Gasteiger partial charge in [0.2, 0.25) is 0 Å². The van der Waals surface area contributed by atoms with Crippen molar-refractivity contribution < 1.29 is 37.0 Å². The minimum Gasteiger partial charge on any atom is -0.480 e. The molecule has 13 heteroatoms. The molecular weight excluding hydrogens is 558 g/mol. The normalized spacial score (nSPS) is 14.3. The van der Waals surface area contributed by atoms with E-state index in [-0.39, 0.29) is 18.6 Å². The Bertz CT molecular complexity index is 1220. The van der Waals surface area contributed by atoms with Crippen LogP contribution in [0.5, 0.6) is 0 Å². The molecule has 0 fully saturated rings. The van der Waals surface area contributed by atoms with Crippen LogP contribution in [0.3, 0.4) is 0 Å². The van der Waals surface area contributed by atoms with Crippen molar-refractivity contribution in [2.45, 2.75) is 77.1 Å². The summed E-state index contributed by atoms with van der Waals surface area (Å²) in [5, 5.41) is 15.1. The minimum atomic E-state index is -5.05. The molecule has 0 aromatic carbocycles. The van der Waals surface area contributed by atoms with Gasteiger partial charge in [0.25, 0.3) is 5.91 Å². The summed E-state index contributed by atoms with van der Waals surface area (Å²) in [4.78, 5) is 34.4. The molecule has 1 amide bonds. The summed E-state index contributed by atoms with van der Waals surface area (Å²) >= 11 is 0. The number of nitrogens with zero attached hydrogens (tertiary/aromatic N) is 3. The smallest absolute Gasteiger partial charge is 0.418 e. The third kappa shape index (κ3) is 10.2. The molecule has 3 heterocycles. The van der Waals surface area contributed by atoms with E-state index in [0.29, 0.717) is 32.1 Å². The van der Waals surface area contributed by atoms with E-state index in [0.717, 1.165) is 50.2 Å². The topological polar surface area (TPSA) is 117 Å². The fraction of sp³-hybridized carbons (Fsp3) is 0.586. The van der Waals surface area contributed by atoms with E-state index in [2.05, 4.69) is 21.7 Å². The van der Waals surface area contributed by atoms with E-state index in [1.807, 2.05) is 31.7 Å². The zero-order chi connectivity index (χ0) is 30.9. The van der Waals surface area contributed by atoms with Crippen LogP contribution in [0.4, 0.5) is 23.4 Å². The number of carboxylic acid groups (broad SMARTS) is 1. The van der Waals surface area contributed by atoms with Crippen molar-refractivity contribution in [1.29, 1.82) is 0 Å². The Morgan fingerprint density at radius 1 is 1.14 bits per heavy atom. The largest absolute Gasteiger partial charge is 0.480 e. The highest BCUT2D eigenvalue weighted by Gasteiger charge is 2.38. The van der Waals surface area contributed by atoms with Crippen LogP contribution in [0.25, 0.3) is 0 Å². The molecule has 1 aliphatic heterocycles. The number of carboxylic acids is 1. The molecule has 3 rings (SSSR count). The molecule has 42 heavy (non-hydrogen) atoms. The Morgan fingerprint density at radius 3 is 2.60 bits per heavy atom. The van der Waals surface area contributed by atoms with Crippen molar-refractivity contribution >= 4 is 17.7 Å². The van der Waals surface area contributed by atoms with E-state index in [9.17, 15) is 32.3 Å². The van der Waals surface area contributed by atoms with Gasteiger partial charge < -0.3 is 25.4 Å². The quantitative estimate of drug-likeness (QED) is 0.212. The van der Waals surface area contributed by atoms with Crippen LogP contribution in [0.2, 0.25) is 0 Å². The van der Waals surface area contributed by atoms with Crippen molar-refractivity contribution in [3.8, 4) is 0 Å². The lowest BCUT2D eigenvalue weighted by atomic mass is 10.1. The molecule has 1 aliphatic rings. The Hall–Kier alpha value is -3.32. The number of carbonyl (C=O) groups is 2. The zero-order valence-corrected chi connectivity index (χ0v) is 24.2. The molecule has 0 saturated carbocycles. The number of alkyl halides is 3. The van der Waals surface area contributed by atoms with Crippen LogP contribution in [0, 0.1) is 5.82 Å².